The minimum atomic E-state index is -0.337. The summed E-state index contributed by atoms with van der Waals surface area (Å²) >= 11 is 5.74. The fraction of sp³-hybridized carbons (Fsp3) is 0.0625. The Balaban J connectivity index is 0.000000162. The number of fused-ring (bicyclic) bond motifs is 2. The molecule has 0 atom stereocenters. The van der Waals surface area contributed by atoms with Gasteiger partial charge in [0.05, 0.1) is 0 Å². The van der Waals surface area contributed by atoms with E-state index in [2.05, 4.69) is 32.1 Å². The Bertz CT molecular complexity index is 1990. The third-order valence-electron chi connectivity index (χ3n) is 6.26. The molecule has 42 heavy (non-hydrogen) atoms. The van der Waals surface area contributed by atoms with Crippen molar-refractivity contribution >= 4 is 39.9 Å². The average Bonchev–Trinajstić information content (AvgIpc) is 3.62. The quantitative estimate of drug-likeness (QED) is 0.189. The van der Waals surface area contributed by atoms with Gasteiger partial charge in [-0.25, -0.2) is 18.7 Å². The molecule has 0 aliphatic rings. The molecule has 0 spiro atoms. The van der Waals surface area contributed by atoms with E-state index in [1.54, 1.807) is 36.4 Å². The summed E-state index contributed by atoms with van der Waals surface area (Å²) in [6, 6.07) is 29.5. The first kappa shape index (κ1) is 27.0. The van der Waals surface area contributed by atoms with Crippen LogP contribution < -0.4 is 4.90 Å². The number of hydrogen-bond donors (Lipinski definition) is 0. The lowest BCUT2D eigenvalue weighted by atomic mass is 10.2. The summed E-state index contributed by atoms with van der Waals surface area (Å²) in [6.07, 6.45) is 0. The maximum absolute atomic E-state index is 13.4. The minimum Gasteiger partial charge on any atom is -0.418 e. The van der Waals surface area contributed by atoms with Gasteiger partial charge in [-0.05, 0) is 66.2 Å². The van der Waals surface area contributed by atoms with Crippen molar-refractivity contribution in [1.29, 1.82) is 0 Å². The Labute approximate surface area is 244 Å². The predicted molar refractivity (Wildman–Crippen MR) is 158 cm³/mol. The molecule has 10 heteroatoms. The fourth-order valence-electron chi connectivity index (χ4n) is 4.24. The van der Waals surface area contributed by atoms with Crippen molar-refractivity contribution in [2.75, 3.05) is 11.9 Å². The summed E-state index contributed by atoms with van der Waals surface area (Å²) in [6.45, 7) is 0.740. The Kier molecular flexibility index (Phi) is 7.57. The van der Waals surface area contributed by atoms with Crippen LogP contribution in [0.1, 0.15) is 5.56 Å². The minimum absolute atomic E-state index is 0.323. The van der Waals surface area contributed by atoms with E-state index in [0.29, 0.717) is 50.5 Å². The maximum Gasteiger partial charge on any atom is 0.249 e. The second-order valence-corrected chi connectivity index (χ2v) is 9.74. The second kappa shape index (κ2) is 11.8. The molecule has 0 unspecified atom stereocenters. The number of benzene rings is 3. The van der Waals surface area contributed by atoms with Gasteiger partial charge in [0.15, 0.2) is 0 Å². The van der Waals surface area contributed by atoms with Gasteiger partial charge in [-0.2, -0.15) is 9.97 Å². The number of rotatable bonds is 5. The SMILES string of the molecule is CN(Cc1ccccc1)c1ccc2nc(-c3cccc(F)c3)oc2n1.Fc1cccc(-c2nc3ccc(Cl)nc3o2)c1. The highest BCUT2D eigenvalue weighted by Gasteiger charge is 2.13. The number of halogens is 3. The maximum atomic E-state index is 13.4. The molecule has 0 aliphatic heterocycles. The van der Waals surface area contributed by atoms with Crippen LogP contribution in [-0.2, 0) is 6.54 Å². The number of aromatic nitrogens is 4. The first-order valence-corrected chi connectivity index (χ1v) is 13.3. The third-order valence-corrected chi connectivity index (χ3v) is 6.47. The number of nitrogens with zero attached hydrogens (tertiary/aromatic N) is 5. The molecular formula is C32H22ClF2N5O2. The number of oxazole rings is 2. The van der Waals surface area contributed by atoms with E-state index in [1.807, 2.05) is 42.3 Å². The van der Waals surface area contributed by atoms with Gasteiger partial charge in [-0.15, -0.1) is 0 Å². The lowest BCUT2D eigenvalue weighted by molar-refractivity contribution is 0.602. The molecule has 4 aromatic heterocycles. The van der Waals surface area contributed by atoms with Gasteiger partial charge in [0.2, 0.25) is 23.2 Å². The van der Waals surface area contributed by atoms with Gasteiger partial charge >= 0.3 is 0 Å². The fourth-order valence-corrected chi connectivity index (χ4v) is 4.38. The monoisotopic (exact) mass is 581 g/mol. The van der Waals surface area contributed by atoms with Crippen LogP contribution in [0.5, 0.6) is 0 Å². The molecule has 0 N–H and O–H groups in total. The van der Waals surface area contributed by atoms with Crippen LogP contribution in [0.4, 0.5) is 14.6 Å². The Morgan fingerprint density at radius 2 is 1.21 bits per heavy atom. The highest BCUT2D eigenvalue weighted by atomic mass is 35.5. The van der Waals surface area contributed by atoms with E-state index in [4.69, 9.17) is 20.4 Å². The van der Waals surface area contributed by atoms with Crippen LogP contribution in [0, 0.1) is 11.6 Å². The highest BCUT2D eigenvalue weighted by Crippen LogP contribution is 2.26. The van der Waals surface area contributed by atoms with Crippen molar-refractivity contribution in [2.45, 2.75) is 6.54 Å². The molecule has 0 saturated carbocycles. The van der Waals surface area contributed by atoms with E-state index in [9.17, 15) is 8.78 Å². The molecule has 4 heterocycles. The molecule has 7 aromatic rings. The van der Waals surface area contributed by atoms with Gasteiger partial charge in [0.25, 0.3) is 0 Å². The zero-order valence-electron chi connectivity index (χ0n) is 22.2. The molecule has 0 fully saturated rings. The molecule has 0 saturated heterocycles. The Morgan fingerprint density at radius 1 is 0.643 bits per heavy atom. The molecule has 7 nitrogen and oxygen atoms in total. The van der Waals surface area contributed by atoms with Crippen LogP contribution in [0.3, 0.4) is 0 Å². The molecule has 0 amide bonds. The molecule has 7 rings (SSSR count). The zero-order valence-corrected chi connectivity index (χ0v) is 23.0. The first-order chi connectivity index (χ1) is 20.4. The summed E-state index contributed by atoms with van der Waals surface area (Å²) in [4.78, 5) is 19.2. The smallest absolute Gasteiger partial charge is 0.249 e. The van der Waals surface area contributed by atoms with E-state index in [1.165, 1.54) is 29.8 Å². The van der Waals surface area contributed by atoms with Crippen LogP contribution in [-0.4, -0.2) is 27.0 Å². The van der Waals surface area contributed by atoms with Gasteiger partial charge in [-0.1, -0.05) is 54.1 Å². The average molecular weight is 582 g/mol. The molecule has 3 aromatic carbocycles. The Morgan fingerprint density at radius 3 is 1.81 bits per heavy atom. The van der Waals surface area contributed by atoms with E-state index < -0.39 is 0 Å². The normalized spacial score (nSPS) is 11.0. The molecule has 0 bridgehead atoms. The highest BCUT2D eigenvalue weighted by molar-refractivity contribution is 6.29. The summed E-state index contributed by atoms with van der Waals surface area (Å²) in [5.74, 6) is 0.823. The topological polar surface area (TPSA) is 81.1 Å². The molecule has 208 valence electrons. The largest absolute Gasteiger partial charge is 0.418 e. The van der Waals surface area contributed by atoms with Gasteiger partial charge in [0.1, 0.15) is 33.6 Å². The van der Waals surface area contributed by atoms with Crippen molar-refractivity contribution in [1.82, 2.24) is 19.9 Å². The standard InChI is InChI=1S/C20H16FN3O.C12H6ClFN2O/c1-24(13-14-6-3-2-4-7-14)18-11-10-17-20(23-18)25-19(22-17)15-8-5-9-16(21)12-15;13-10-5-4-9-12(16-10)17-11(15-9)7-2-1-3-8(14)6-7/h2-12H,13H2,1H3;1-6H. The second-order valence-electron chi connectivity index (χ2n) is 9.35. The van der Waals surface area contributed by atoms with Crippen molar-refractivity contribution in [3.05, 3.63) is 125 Å². The van der Waals surface area contributed by atoms with Gasteiger partial charge in [0, 0.05) is 24.7 Å². The summed E-state index contributed by atoms with van der Waals surface area (Å²) in [7, 11) is 1.98. The molecular weight excluding hydrogens is 560 g/mol. The van der Waals surface area contributed by atoms with E-state index >= 15 is 0 Å². The van der Waals surface area contributed by atoms with Gasteiger partial charge in [-0.3, -0.25) is 0 Å². The summed E-state index contributed by atoms with van der Waals surface area (Å²) < 4.78 is 37.6. The van der Waals surface area contributed by atoms with E-state index in [-0.39, 0.29) is 11.6 Å². The van der Waals surface area contributed by atoms with Crippen LogP contribution in [0.2, 0.25) is 5.15 Å². The van der Waals surface area contributed by atoms with Crippen molar-refractivity contribution < 1.29 is 17.6 Å². The molecule has 0 aliphatic carbocycles. The van der Waals surface area contributed by atoms with Crippen LogP contribution in [0.15, 0.2) is 112 Å². The lowest BCUT2D eigenvalue weighted by Crippen LogP contribution is -2.17. The Hall–Kier alpha value is -5.15. The summed E-state index contributed by atoms with van der Waals surface area (Å²) in [5.41, 5.74) is 4.39. The van der Waals surface area contributed by atoms with Crippen molar-refractivity contribution in [3.63, 3.8) is 0 Å². The van der Waals surface area contributed by atoms with Crippen LogP contribution >= 0.6 is 11.6 Å². The number of anilines is 1. The molecule has 0 radical (unpaired) electrons. The first-order valence-electron chi connectivity index (χ1n) is 12.9. The third kappa shape index (κ3) is 6.11. The predicted octanol–water partition coefficient (Wildman–Crippen LogP) is 8.35. The van der Waals surface area contributed by atoms with Gasteiger partial charge < -0.3 is 13.7 Å². The van der Waals surface area contributed by atoms with Crippen LogP contribution in [0.25, 0.3) is 45.4 Å². The summed E-state index contributed by atoms with van der Waals surface area (Å²) in [5, 5.41) is 0.333. The van der Waals surface area contributed by atoms with Crippen molar-refractivity contribution in [2.24, 2.45) is 0 Å². The number of hydrogen-bond acceptors (Lipinski definition) is 7. The van der Waals surface area contributed by atoms with Crippen molar-refractivity contribution in [3.8, 4) is 22.9 Å². The number of pyridine rings is 2. The lowest BCUT2D eigenvalue weighted by Gasteiger charge is -2.17. The zero-order chi connectivity index (χ0) is 29.1. The van der Waals surface area contributed by atoms with E-state index in [0.717, 1.165) is 12.4 Å².